The largest absolute Gasteiger partial charge is 0.321 e. The zero-order valence-electron chi connectivity index (χ0n) is 8.20. The molecule has 1 rings (SSSR count). The van der Waals surface area contributed by atoms with Crippen LogP contribution in [0.5, 0.6) is 0 Å². The first-order valence-corrected chi connectivity index (χ1v) is 5.19. The molecule has 1 atom stereocenters. The molecule has 0 radical (unpaired) electrons. The van der Waals surface area contributed by atoms with E-state index in [1.165, 1.54) is 11.3 Å². The smallest absolute Gasteiger partial charge is 0.180 e. The molecule has 0 aliphatic carbocycles. The third-order valence-corrected chi connectivity index (χ3v) is 2.70. The number of carbonyl (C=O) groups excluding carboxylic acids is 1. The highest BCUT2D eigenvalue weighted by atomic mass is 32.1. The average Bonchev–Trinajstić information content (AvgIpc) is 2.51. The Labute approximate surface area is 82.8 Å². The van der Waals surface area contributed by atoms with Gasteiger partial charge in [0.25, 0.3) is 0 Å². The summed E-state index contributed by atoms with van der Waals surface area (Å²) in [4.78, 5) is 11.7. The molecular weight excluding hydrogens is 182 g/mol. The van der Waals surface area contributed by atoms with Crippen molar-refractivity contribution in [3.8, 4) is 0 Å². The topological polar surface area (TPSA) is 43.1 Å². The molecule has 1 heterocycles. The van der Waals surface area contributed by atoms with Crippen molar-refractivity contribution in [2.45, 2.75) is 26.8 Å². The van der Waals surface area contributed by atoms with Crippen LogP contribution in [0.1, 0.15) is 31.1 Å². The second-order valence-corrected chi connectivity index (χ2v) is 5.00. The summed E-state index contributed by atoms with van der Waals surface area (Å²) in [5, 5.41) is 3.73. The third kappa shape index (κ3) is 2.39. The molecule has 0 aromatic carbocycles. The van der Waals surface area contributed by atoms with Gasteiger partial charge in [0.2, 0.25) is 0 Å². The molecule has 0 saturated carbocycles. The van der Waals surface area contributed by atoms with Crippen LogP contribution in [0.15, 0.2) is 16.8 Å². The first-order chi connectivity index (χ1) is 5.93. The molecule has 2 nitrogen and oxygen atoms in total. The molecule has 1 unspecified atom stereocenters. The summed E-state index contributed by atoms with van der Waals surface area (Å²) in [6.45, 7) is 5.92. The van der Waals surface area contributed by atoms with Gasteiger partial charge in [0.05, 0.1) is 6.04 Å². The summed E-state index contributed by atoms with van der Waals surface area (Å²) in [6, 6.07) is 1.40. The van der Waals surface area contributed by atoms with Crippen molar-refractivity contribution in [3.05, 3.63) is 22.4 Å². The number of ketones is 1. The molecule has 1 aromatic rings. The van der Waals surface area contributed by atoms with E-state index in [9.17, 15) is 4.79 Å². The molecule has 3 heteroatoms. The maximum absolute atomic E-state index is 11.7. The van der Waals surface area contributed by atoms with Gasteiger partial charge in [-0.25, -0.2) is 0 Å². The van der Waals surface area contributed by atoms with E-state index in [1.807, 2.05) is 37.6 Å². The van der Waals surface area contributed by atoms with Gasteiger partial charge in [-0.15, -0.1) is 0 Å². The van der Waals surface area contributed by atoms with E-state index in [0.29, 0.717) is 0 Å². The fraction of sp³-hybridized carbons (Fsp3) is 0.500. The Morgan fingerprint density at radius 1 is 1.54 bits per heavy atom. The highest BCUT2D eigenvalue weighted by Crippen LogP contribution is 2.21. The number of nitrogens with two attached hydrogens (primary N) is 1. The lowest BCUT2D eigenvalue weighted by atomic mass is 9.83. The second-order valence-electron chi connectivity index (χ2n) is 4.22. The Kier molecular flexibility index (Phi) is 2.88. The predicted molar refractivity (Wildman–Crippen MR) is 56.1 cm³/mol. The van der Waals surface area contributed by atoms with E-state index in [2.05, 4.69) is 0 Å². The maximum atomic E-state index is 11.7. The zero-order chi connectivity index (χ0) is 10.1. The van der Waals surface area contributed by atoms with E-state index in [-0.39, 0.29) is 11.2 Å². The molecule has 0 fully saturated rings. The minimum absolute atomic E-state index is 0.0359. The van der Waals surface area contributed by atoms with Gasteiger partial charge in [-0.05, 0) is 16.9 Å². The van der Waals surface area contributed by atoms with Crippen LogP contribution in [0.2, 0.25) is 0 Å². The Balaban J connectivity index is 2.81. The quantitative estimate of drug-likeness (QED) is 0.739. The van der Waals surface area contributed by atoms with E-state index < -0.39 is 6.04 Å². The Hall–Kier alpha value is -0.670. The van der Waals surface area contributed by atoms with Gasteiger partial charge >= 0.3 is 0 Å². The van der Waals surface area contributed by atoms with Crippen LogP contribution in [0, 0.1) is 5.41 Å². The molecule has 0 bridgehead atoms. The van der Waals surface area contributed by atoms with Gasteiger partial charge in [-0.2, -0.15) is 11.3 Å². The van der Waals surface area contributed by atoms with Crippen molar-refractivity contribution in [1.29, 1.82) is 0 Å². The fourth-order valence-corrected chi connectivity index (χ4v) is 1.62. The maximum Gasteiger partial charge on any atom is 0.180 e. The van der Waals surface area contributed by atoms with Crippen molar-refractivity contribution in [2.75, 3.05) is 0 Å². The predicted octanol–water partition coefficient (Wildman–Crippen LogP) is 2.30. The van der Waals surface area contributed by atoms with Crippen LogP contribution in [0.25, 0.3) is 0 Å². The molecule has 0 saturated heterocycles. The normalized spacial score (nSPS) is 14.2. The minimum Gasteiger partial charge on any atom is -0.321 e. The van der Waals surface area contributed by atoms with Gasteiger partial charge in [0, 0.05) is 10.9 Å². The Bertz CT molecular complexity index is 284. The van der Waals surface area contributed by atoms with Crippen LogP contribution in [-0.4, -0.2) is 11.8 Å². The minimum atomic E-state index is -0.415. The van der Waals surface area contributed by atoms with Crippen LogP contribution in [-0.2, 0) is 0 Å². The molecule has 0 aliphatic rings. The molecular formula is C10H15NOS. The van der Waals surface area contributed by atoms with Gasteiger partial charge < -0.3 is 5.73 Å². The fourth-order valence-electron chi connectivity index (χ4n) is 0.978. The van der Waals surface area contributed by atoms with Crippen molar-refractivity contribution < 1.29 is 4.79 Å². The van der Waals surface area contributed by atoms with Crippen LogP contribution in [0.4, 0.5) is 0 Å². The van der Waals surface area contributed by atoms with Crippen molar-refractivity contribution in [3.63, 3.8) is 0 Å². The lowest BCUT2D eigenvalue weighted by Crippen LogP contribution is -2.42. The third-order valence-electron chi connectivity index (χ3n) is 2.02. The molecule has 0 amide bonds. The SMILES string of the molecule is CC(C)(C)C(N)C(=O)c1ccsc1. The summed E-state index contributed by atoms with van der Waals surface area (Å²) in [5.41, 5.74) is 6.40. The van der Waals surface area contributed by atoms with Gasteiger partial charge in [0.15, 0.2) is 5.78 Å². The van der Waals surface area contributed by atoms with Crippen LogP contribution < -0.4 is 5.73 Å². The Morgan fingerprint density at radius 2 is 2.15 bits per heavy atom. The Morgan fingerprint density at radius 3 is 2.54 bits per heavy atom. The van der Waals surface area contributed by atoms with E-state index in [1.54, 1.807) is 0 Å². The number of hydrogen-bond acceptors (Lipinski definition) is 3. The monoisotopic (exact) mass is 197 g/mol. The highest BCUT2D eigenvalue weighted by Gasteiger charge is 2.28. The molecule has 1 aromatic heterocycles. The zero-order valence-corrected chi connectivity index (χ0v) is 9.02. The van der Waals surface area contributed by atoms with Crippen molar-refractivity contribution in [2.24, 2.45) is 11.1 Å². The van der Waals surface area contributed by atoms with Gasteiger partial charge in [-0.3, -0.25) is 4.79 Å². The van der Waals surface area contributed by atoms with Crippen LogP contribution in [0.3, 0.4) is 0 Å². The van der Waals surface area contributed by atoms with Crippen molar-refractivity contribution >= 4 is 17.1 Å². The van der Waals surface area contributed by atoms with Crippen LogP contribution >= 0.6 is 11.3 Å². The van der Waals surface area contributed by atoms with Gasteiger partial charge in [-0.1, -0.05) is 20.8 Å². The molecule has 2 N–H and O–H groups in total. The number of hydrogen-bond donors (Lipinski definition) is 1. The number of thiophene rings is 1. The number of Topliss-reactive ketones (excluding diaryl/α,β-unsaturated/α-hetero) is 1. The standard InChI is InChI=1S/C10H15NOS/c1-10(2,3)9(11)8(12)7-4-5-13-6-7/h4-6,9H,11H2,1-3H3. The molecule has 0 aliphatic heterocycles. The highest BCUT2D eigenvalue weighted by molar-refractivity contribution is 7.08. The summed E-state index contributed by atoms with van der Waals surface area (Å²) in [5.74, 6) is 0.0359. The lowest BCUT2D eigenvalue weighted by Gasteiger charge is -2.25. The average molecular weight is 197 g/mol. The molecule has 72 valence electrons. The summed E-state index contributed by atoms with van der Waals surface area (Å²) < 4.78 is 0. The second kappa shape index (κ2) is 3.60. The summed E-state index contributed by atoms with van der Waals surface area (Å²) in [6.07, 6.45) is 0. The molecule has 13 heavy (non-hydrogen) atoms. The first-order valence-electron chi connectivity index (χ1n) is 4.25. The number of rotatable bonds is 2. The van der Waals surface area contributed by atoms with Gasteiger partial charge in [0.1, 0.15) is 0 Å². The number of carbonyl (C=O) groups is 1. The lowest BCUT2D eigenvalue weighted by molar-refractivity contribution is 0.0902. The first kappa shape index (κ1) is 10.4. The molecule has 0 spiro atoms. The summed E-state index contributed by atoms with van der Waals surface area (Å²) in [7, 11) is 0. The van der Waals surface area contributed by atoms with Crippen molar-refractivity contribution in [1.82, 2.24) is 0 Å². The van der Waals surface area contributed by atoms with E-state index >= 15 is 0 Å². The van der Waals surface area contributed by atoms with E-state index in [4.69, 9.17) is 5.73 Å². The summed E-state index contributed by atoms with van der Waals surface area (Å²) >= 11 is 1.52. The van der Waals surface area contributed by atoms with E-state index in [0.717, 1.165) is 5.56 Å².